The minimum Gasteiger partial charge on any atom is -0.468 e. The van der Waals surface area contributed by atoms with Crippen molar-refractivity contribution in [2.24, 2.45) is 0 Å². The van der Waals surface area contributed by atoms with Gasteiger partial charge in [-0.15, -0.1) is 0 Å². The maximum Gasteiger partial charge on any atom is 0.422 e. The van der Waals surface area contributed by atoms with Gasteiger partial charge in [-0.3, -0.25) is 0 Å². The van der Waals surface area contributed by atoms with E-state index in [1.807, 2.05) is 0 Å². The first-order valence-electron chi connectivity index (χ1n) is 11.5. The molecule has 40 heavy (non-hydrogen) atoms. The molecule has 6 nitrogen and oxygen atoms in total. The zero-order valence-corrected chi connectivity index (χ0v) is 23.7. The fraction of sp³-hybridized carbons (Fsp3) is 0.320. The van der Waals surface area contributed by atoms with Gasteiger partial charge >= 0.3 is 12.2 Å². The molecule has 3 rings (SSSR count). The van der Waals surface area contributed by atoms with Crippen LogP contribution in [0, 0.1) is 15.3 Å². The van der Waals surface area contributed by atoms with Crippen LogP contribution in [-0.2, 0) is 5.92 Å². The van der Waals surface area contributed by atoms with Crippen LogP contribution in [0.4, 0.5) is 41.2 Å². The number of hydrogen-bond donors (Lipinski definition) is 1. The number of likely N-dealkylation sites (N-methyl/N-ethyl adjacent to an activating group) is 1. The lowest BCUT2D eigenvalue weighted by Gasteiger charge is -2.35. The second kappa shape index (κ2) is 12.7. The quantitative estimate of drug-likeness (QED) is 0.139. The molecular weight excluding hydrogens is 684 g/mol. The third kappa shape index (κ3) is 7.44. The summed E-state index contributed by atoms with van der Waals surface area (Å²) in [6.45, 7) is 0.0699. The van der Waals surface area contributed by atoms with Gasteiger partial charge in [0.25, 0.3) is 5.92 Å². The first kappa shape index (κ1) is 31.6. The minimum atomic E-state index is -4.55. The maximum atomic E-state index is 15.5. The summed E-state index contributed by atoms with van der Waals surface area (Å²) in [5.41, 5.74) is -1.05. The van der Waals surface area contributed by atoms with Gasteiger partial charge in [0.15, 0.2) is 6.61 Å². The Morgan fingerprint density at radius 2 is 1.85 bits per heavy atom. The Hall–Kier alpha value is -2.88. The number of nitrogens with zero attached hydrogens (tertiary/aromatic N) is 3. The van der Waals surface area contributed by atoms with E-state index in [2.05, 4.69) is 20.0 Å². The van der Waals surface area contributed by atoms with Crippen molar-refractivity contribution < 1.29 is 40.3 Å². The number of benzene rings is 1. The number of nitrogens with one attached hydrogen (secondary N) is 1. The average molecular weight is 705 g/mol. The summed E-state index contributed by atoms with van der Waals surface area (Å²) in [5.74, 6) is -6.50. The van der Waals surface area contributed by atoms with Crippen molar-refractivity contribution in [1.29, 1.82) is 0 Å². The van der Waals surface area contributed by atoms with Crippen molar-refractivity contribution >= 4 is 45.9 Å². The minimum absolute atomic E-state index is 0.0761. The summed E-state index contributed by atoms with van der Waals surface area (Å²) >= 11 is 7.81. The molecule has 3 aromatic rings. The van der Waals surface area contributed by atoms with Gasteiger partial charge in [-0.05, 0) is 53.3 Å². The summed E-state index contributed by atoms with van der Waals surface area (Å²) < 4.78 is 102. The molecule has 1 aromatic carbocycles. The van der Waals surface area contributed by atoms with Crippen molar-refractivity contribution in [2.75, 3.05) is 19.0 Å². The Morgan fingerprint density at radius 3 is 2.42 bits per heavy atom. The fourth-order valence-electron chi connectivity index (χ4n) is 3.76. The van der Waals surface area contributed by atoms with E-state index in [0.717, 1.165) is 37.6 Å². The standard InChI is InChI=1S/C25H21ClF7IN4O2/c1-3-4-19(25(32,33)21-17(34)7-8-35-22(21)28)38(2)23(39)37-18-10-15(26)14(9-16(18)27)13-5-6-20(36-11-13)40-12-24(29,30)31/h5-11,19H,3-4,12H2,1-2H3,(H,37,39). The molecule has 0 bridgehead atoms. The van der Waals surface area contributed by atoms with E-state index in [9.17, 15) is 26.7 Å². The molecule has 0 aliphatic heterocycles. The Kier molecular flexibility index (Phi) is 10.1. The van der Waals surface area contributed by atoms with Crippen molar-refractivity contribution in [3.05, 3.63) is 68.6 Å². The summed E-state index contributed by atoms with van der Waals surface area (Å²) in [6, 6.07) is 2.74. The predicted octanol–water partition coefficient (Wildman–Crippen LogP) is 8.05. The largest absolute Gasteiger partial charge is 0.468 e. The number of amides is 2. The second-order valence-corrected chi connectivity index (χ2v) is 10.1. The molecule has 1 N–H and O–H groups in total. The zero-order valence-electron chi connectivity index (χ0n) is 20.8. The van der Waals surface area contributed by atoms with Crippen molar-refractivity contribution in [2.45, 2.75) is 37.9 Å². The molecule has 0 spiro atoms. The number of rotatable bonds is 9. The predicted molar refractivity (Wildman–Crippen MR) is 142 cm³/mol. The van der Waals surface area contributed by atoms with Gasteiger partial charge in [0, 0.05) is 40.2 Å². The smallest absolute Gasteiger partial charge is 0.422 e. The molecule has 15 heteroatoms. The summed E-state index contributed by atoms with van der Waals surface area (Å²) in [6.07, 6.45) is -2.38. The first-order valence-corrected chi connectivity index (χ1v) is 13.0. The number of ether oxygens (including phenoxy) is 1. The SMILES string of the molecule is CCCC(N(C)C(=O)Nc1cc(Cl)c(-c2ccc(OCC(F)(F)F)nc2)cc1F)C(F)(F)c1c(I)ccnc1F. The number of pyridine rings is 2. The van der Waals surface area contributed by atoms with E-state index in [-0.39, 0.29) is 38.4 Å². The molecule has 0 fully saturated rings. The number of alkyl halides is 5. The van der Waals surface area contributed by atoms with Gasteiger partial charge in [0.05, 0.1) is 16.3 Å². The highest BCUT2D eigenvalue weighted by Gasteiger charge is 2.48. The van der Waals surface area contributed by atoms with Crippen LogP contribution in [0.2, 0.25) is 5.02 Å². The first-order chi connectivity index (χ1) is 18.7. The molecule has 0 aliphatic rings. The zero-order chi connectivity index (χ0) is 29.8. The van der Waals surface area contributed by atoms with Crippen molar-refractivity contribution in [3.63, 3.8) is 0 Å². The Labute approximate surface area is 243 Å². The van der Waals surface area contributed by atoms with E-state index >= 15 is 8.78 Å². The molecule has 2 aromatic heterocycles. The third-order valence-corrected chi connectivity index (χ3v) is 6.90. The van der Waals surface area contributed by atoms with Gasteiger partial charge in [0.2, 0.25) is 11.8 Å². The molecule has 216 valence electrons. The highest BCUT2D eigenvalue weighted by atomic mass is 127. The molecule has 2 heterocycles. The number of carbonyl (C=O) groups is 1. The van der Waals surface area contributed by atoms with Crippen LogP contribution in [0.15, 0.2) is 42.7 Å². The highest BCUT2D eigenvalue weighted by Crippen LogP contribution is 2.40. The lowest BCUT2D eigenvalue weighted by molar-refractivity contribution is -0.154. The van der Waals surface area contributed by atoms with E-state index in [0.29, 0.717) is 4.90 Å². The van der Waals surface area contributed by atoms with Crippen LogP contribution in [0.3, 0.4) is 0 Å². The van der Waals surface area contributed by atoms with Gasteiger partial charge in [-0.2, -0.15) is 26.3 Å². The number of aromatic nitrogens is 2. The number of anilines is 1. The lowest BCUT2D eigenvalue weighted by atomic mass is 9.97. The second-order valence-electron chi connectivity index (χ2n) is 8.53. The average Bonchev–Trinajstić information content (AvgIpc) is 2.87. The molecule has 0 radical (unpaired) electrons. The van der Waals surface area contributed by atoms with E-state index in [1.54, 1.807) is 29.5 Å². The number of carbonyl (C=O) groups excluding carboxylic acids is 1. The molecule has 1 unspecified atom stereocenters. The molecule has 0 aliphatic carbocycles. The summed E-state index contributed by atoms with van der Waals surface area (Å²) in [7, 11) is 1.08. The Bertz CT molecular complexity index is 1340. The molecule has 1 atom stereocenters. The van der Waals surface area contributed by atoms with Gasteiger partial charge in [-0.1, -0.05) is 24.9 Å². The molecular formula is C25H21ClF7IN4O2. The summed E-state index contributed by atoms with van der Waals surface area (Å²) in [4.78, 5) is 20.6. The maximum absolute atomic E-state index is 15.5. The third-order valence-electron chi connectivity index (χ3n) is 5.69. The normalized spacial score (nSPS) is 12.7. The number of hydrogen-bond acceptors (Lipinski definition) is 4. The van der Waals surface area contributed by atoms with Crippen LogP contribution in [-0.4, -0.2) is 46.8 Å². The number of halogens is 9. The van der Waals surface area contributed by atoms with E-state index < -0.39 is 53.8 Å². The molecule has 2 amide bonds. The monoisotopic (exact) mass is 704 g/mol. The highest BCUT2D eigenvalue weighted by molar-refractivity contribution is 14.1. The topological polar surface area (TPSA) is 67.4 Å². The van der Waals surface area contributed by atoms with Crippen LogP contribution < -0.4 is 10.1 Å². The Morgan fingerprint density at radius 1 is 1.15 bits per heavy atom. The lowest BCUT2D eigenvalue weighted by Crippen LogP contribution is -2.49. The van der Waals surface area contributed by atoms with E-state index in [4.69, 9.17) is 11.6 Å². The fourth-order valence-corrected chi connectivity index (χ4v) is 4.77. The van der Waals surface area contributed by atoms with Crippen molar-refractivity contribution in [3.8, 4) is 17.0 Å². The number of urea groups is 1. The van der Waals surface area contributed by atoms with Crippen LogP contribution in [0.5, 0.6) is 5.88 Å². The Balaban J connectivity index is 1.82. The molecule has 0 saturated carbocycles. The van der Waals surface area contributed by atoms with Crippen LogP contribution in [0.25, 0.3) is 11.1 Å². The molecule has 0 saturated heterocycles. The van der Waals surface area contributed by atoms with E-state index in [1.165, 1.54) is 12.1 Å². The van der Waals surface area contributed by atoms with Gasteiger partial charge in [0.1, 0.15) is 11.9 Å². The van der Waals surface area contributed by atoms with Crippen molar-refractivity contribution in [1.82, 2.24) is 14.9 Å². The van der Waals surface area contributed by atoms with Crippen LogP contribution >= 0.6 is 34.2 Å². The van der Waals surface area contributed by atoms with Crippen LogP contribution in [0.1, 0.15) is 25.3 Å². The summed E-state index contributed by atoms with van der Waals surface area (Å²) in [5, 5.41) is 2.13. The van der Waals surface area contributed by atoms with Gasteiger partial charge in [-0.25, -0.2) is 19.2 Å². The van der Waals surface area contributed by atoms with Gasteiger partial charge < -0.3 is 15.0 Å².